The van der Waals surface area contributed by atoms with Crippen LogP contribution in [0.4, 0.5) is 14.5 Å². The molecule has 7 N–H and O–H groups in total. The number of nitrogens with zero attached hydrogens (tertiary/aromatic N) is 1. The van der Waals surface area contributed by atoms with Gasteiger partial charge in [0.1, 0.15) is 11.5 Å². The molecule has 0 spiro atoms. The molecule has 0 aliphatic rings. The molecule has 0 saturated heterocycles. The van der Waals surface area contributed by atoms with Gasteiger partial charge in [-0.05, 0) is 79.2 Å². The molecule has 1 amide bonds. The molecule has 0 aromatic heterocycles. The van der Waals surface area contributed by atoms with Crippen molar-refractivity contribution in [3.8, 4) is 17.2 Å². The summed E-state index contributed by atoms with van der Waals surface area (Å²) in [5, 5.41) is 0. The fraction of sp³-hybridized carbons (Fsp3) is 0.0435. The van der Waals surface area contributed by atoms with Gasteiger partial charge in [0.25, 0.3) is 15.9 Å². The van der Waals surface area contributed by atoms with E-state index in [1.54, 1.807) is 0 Å². The predicted molar refractivity (Wildman–Crippen MR) is 137 cm³/mol. The van der Waals surface area contributed by atoms with Crippen LogP contribution in [-0.2, 0) is 14.8 Å². The van der Waals surface area contributed by atoms with Crippen molar-refractivity contribution < 1.29 is 41.0 Å². The summed E-state index contributed by atoms with van der Waals surface area (Å²) in [7, 11) is -6.65. The number of carbonyl (C=O) groups excluding carboxylic acids is 1. The monoisotopic (exact) mass is 566 g/mol. The first-order chi connectivity index (χ1) is 17.8. The summed E-state index contributed by atoms with van der Waals surface area (Å²) in [6.07, 6.45) is 1.19. The van der Waals surface area contributed by atoms with Gasteiger partial charge in [0.05, 0.1) is 4.90 Å². The third-order valence-electron chi connectivity index (χ3n) is 4.62. The summed E-state index contributed by atoms with van der Waals surface area (Å²) in [6, 6.07) is 12.0. The first-order valence-corrected chi connectivity index (χ1v) is 13.1. The van der Waals surface area contributed by atoms with Gasteiger partial charge >= 0.3 is 8.60 Å². The number of guanidine groups is 1. The Bertz CT molecular complexity index is 1470. The SMILES string of the molecule is C/C(=C\c1cc(F)c(Oc2ccc(S(=O)(=O)Nc3ccc(OP(O)O)cc3)cc2)c(F)c1)C(=O)N=C(N)N. The van der Waals surface area contributed by atoms with E-state index in [2.05, 4.69) is 9.71 Å². The number of amides is 1. The van der Waals surface area contributed by atoms with E-state index in [9.17, 15) is 22.0 Å². The van der Waals surface area contributed by atoms with Gasteiger partial charge < -0.3 is 30.5 Å². The average molecular weight is 566 g/mol. The topological polar surface area (TPSA) is 187 Å². The van der Waals surface area contributed by atoms with E-state index in [0.29, 0.717) is 0 Å². The lowest BCUT2D eigenvalue weighted by atomic mass is 10.1. The van der Waals surface area contributed by atoms with Gasteiger partial charge in [-0.15, -0.1) is 0 Å². The normalized spacial score (nSPS) is 11.7. The van der Waals surface area contributed by atoms with Crippen LogP contribution in [0.2, 0.25) is 0 Å². The molecule has 0 atom stereocenters. The number of rotatable bonds is 9. The summed E-state index contributed by atoms with van der Waals surface area (Å²) < 4.78 is 66.8. The lowest BCUT2D eigenvalue weighted by Gasteiger charge is -2.11. The number of aliphatic imine (C=N–C) groups is 1. The molecule has 0 aliphatic carbocycles. The van der Waals surface area contributed by atoms with E-state index >= 15 is 0 Å². The summed E-state index contributed by atoms with van der Waals surface area (Å²) in [5.41, 5.74) is 10.5. The third-order valence-corrected chi connectivity index (χ3v) is 6.39. The van der Waals surface area contributed by atoms with Crippen molar-refractivity contribution in [2.75, 3.05) is 4.72 Å². The maximum atomic E-state index is 14.6. The second kappa shape index (κ2) is 12.0. The van der Waals surface area contributed by atoms with Gasteiger partial charge in [-0.25, -0.2) is 17.2 Å². The van der Waals surface area contributed by atoms with Crippen LogP contribution in [-0.4, -0.2) is 30.1 Å². The van der Waals surface area contributed by atoms with Gasteiger partial charge in [-0.2, -0.15) is 4.99 Å². The zero-order valence-corrected chi connectivity index (χ0v) is 21.2. The molecule has 0 bridgehead atoms. The summed E-state index contributed by atoms with van der Waals surface area (Å²) in [4.78, 5) is 32.7. The van der Waals surface area contributed by atoms with Crippen molar-refractivity contribution in [1.82, 2.24) is 0 Å². The largest absolute Gasteiger partial charge is 0.451 e. The smallest absolute Gasteiger partial charge is 0.391 e. The number of hydrogen-bond acceptors (Lipinski definition) is 7. The Morgan fingerprint density at radius 2 is 1.55 bits per heavy atom. The molecule has 3 aromatic carbocycles. The molecule has 0 heterocycles. The lowest BCUT2D eigenvalue weighted by molar-refractivity contribution is -0.114. The van der Waals surface area contributed by atoms with Crippen molar-refractivity contribution in [1.29, 1.82) is 0 Å². The van der Waals surface area contributed by atoms with E-state index in [1.807, 2.05) is 0 Å². The quantitative estimate of drug-likeness (QED) is 0.112. The summed E-state index contributed by atoms with van der Waals surface area (Å²) in [5.74, 6) is -4.02. The van der Waals surface area contributed by atoms with Crippen LogP contribution in [0.25, 0.3) is 6.08 Å². The maximum absolute atomic E-state index is 14.6. The Morgan fingerprint density at radius 3 is 2.08 bits per heavy atom. The highest BCUT2D eigenvalue weighted by molar-refractivity contribution is 7.92. The Kier molecular flexibility index (Phi) is 8.96. The molecule has 3 rings (SSSR count). The molecule has 11 nitrogen and oxygen atoms in total. The molecule has 0 radical (unpaired) electrons. The molecule has 200 valence electrons. The van der Waals surface area contributed by atoms with E-state index in [4.69, 9.17) is 30.5 Å². The van der Waals surface area contributed by atoms with Crippen molar-refractivity contribution in [3.63, 3.8) is 0 Å². The number of carbonyl (C=O) groups is 1. The van der Waals surface area contributed by atoms with Crippen LogP contribution in [0.1, 0.15) is 12.5 Å². The standard InChI is InChI=1S/C23H21F2N4O7PS/c1-13(22(30)28-23(26)27)10-14-11-19(24)21(20(25)12-14)35-16-6-8-18(9-7-16)38(33,34)29-15-2-4-17(5-3-15)36-37(31)32/h2-12,29,31-32H,1H3,(H4,26,27,28,30)/b13-10+. The first kappa shape index (κ1) is 28.5. The molecule has 0 saturated carbocycles. The zero-order valence-electron chi connectivity index (χ0n) is 19.5. The van der Waals surface area contributed by atoms with Crippen LogP contribution < -0.4 is 25.5 Å². The fourth-order valence-electron chi connectivity index (χ4n) is 2.97. The van der Waals surface area contributed by atoms with Gasteiger partial charge in [-0.1, -0.05) is 0 Å². The number of sulfonamides is 1. The van der Waals surface area contributed by atoms with Gasteiger partial charge in [0.15, 0.2) is 23.3 Å². The first-order valence-electron chi connectivity index (χ1n) is 10.4. The molecule has 0 unspecified atom stereocenters. The second-order valence-corrected chi connectivity index (χ2v) is 9.90. The van der Waals surface area contributed by atoms with Crippen LogP contribution in [0, 0.1) is 11.6 Å². The average Bonchev–Trinajstić information content (AvgIpc) is 2.82. The minimum Gasteiger partial charge on any atom is -0.451 e. The van der Waals surface area contributed by atoms with Crippen LogP contribution in [0.5, 0.6) is 17.2 Å². The van der Waals surface area contributed by atoms with Crippen molar-refractivity contribution in [3.05, 3.63) is 83.4 Å². The highest BCUT2D eigenvalue weighted by Gasteiger charge is 2.17. The molecular weight excluding hydrogens is 545 g/mol. The third kappa shape index (κ3) is 7.70. The van der Waals surface area contributed by atoms with Crippen molar-refractivity contribution >= 4 is 42.3 Å². The number of ether oxygens (including phenoxy) is 1. The van der Waals surface area contributed by atoms with Gasteiger partial charge in [-0.3, -0.25) is 9.52 Å². The van der Waals surface area contributed by atoms with Crippen LogP contribution in [0.15, 0.2) is 76.1 Å². The van der Waals surface area contributed by atoms with Gasteiger partial charge in [0.2, 0.25) is 0 Å². The van der Waals surface area contributed by atoms with E-state index in [0.717, 1.165) is 12.1 Å². The molecule has 3 aromatic rings. The number of hydrogen-bond donors (Lipinski definition) is 5. The minimum atomic E-state index is -4.04. The maximum Gasteiger partial charge on any atom is 0.391 e. The Hall–Kier alpha value is -4.10. The number of anilines is 1. The molecular formula is C23H21F2N4O7PS. The zero-order chi connectivity index (χ0) is 28.0. The van der Waals surface area contributed by atoms with Crippen LogP contribution in [0.3, 0.4) is 0 Å². The molecule has 38 heavy (non-hydrogen) atoms. The predicted octanol–water partition coefficient (Wildman–Crippen LogP) is 3.35. The van der Waals surface area contributed by atoms with Crippen molar-refractivity contribution in [2.45, 2.75) is 11.8 Å². The highest BCUT2D eigenvalue weighted by atomic mass is 32.2. The lowest BCUT2D eigenvalue weighted by Crippen LogP contribution is -2.24. The van der Waals surface area contributed by atoms with Gasteiger partial charge in [0, 0.05) is 11.3 Å². The summed E-state index contributed by atoms with van der Waals surface area (Å²) >= 11 is 0. The number of nitrogens with two attached hydrogens (primary N) is 2. The Morgan fingerprint density at radius 1 is 1.00 bits per heavy atom. The Balaban J connectivity index is 1.73. The minimum absolute atomic E-state index is 0.0182. The molecule has 0 fully saturated rings. The van der Waals surface area contributed by atoms with Crippen LogP contribution >= 0.6 is 8.60 Å². The van der Waals surface area contributed by atoms with E-state index < -0.39 is 47.9 Å². The highest BCUT2D eigenvalue weighted by Crippen LogP contribution is 2.31. The number of benzene rings is 3. The number of halogens is 2. The van der Waals surface area contributed by atoms with E-state index in [-0.39, 0.29) is 33.2 Å². The van der Waals surface area contributed by atoms with Crippen molar-refractivity contribution in [2.24, 2.45) is 16.5 Å². The number of nitrogens with one attached hydrogen (secondary N) is 1. The second-order valence-electron chi connectivity index (χ2n) is 7.53. The Labute approximate surface area is 217 Å². The summed E-state index contributed by atoms with van der Waals surface area (Å²) in [6.45, 7) is 1.37. The molecule has 0 aliphatic heterocycles. The van der Waals surface area contributed by atoms with E-state index in [1.165, 1.54) is 61.5 Å². The fourth-order valence-corrected chi connectivity index (χ4v) is 4.34. The molecule has 15 heteroatoms.